The molecule has 2 aliphatic carbocycles. The summed E-state index contributed by atoms with van der Waals surface area (Å²) < 4.78 is 0. The van der Waals surface area contributed by atoms with Crippen LogP contribution in [0.5, 0.6) is 0 Å². The number of thiophene rings is 1. The first-order valence-corrected chi connectivity index (χ1v) is 11.5. The molecule has 1 N–H and O–H groups in total. The van der Waals surface area contributed by atoms with E-state index in [1.165, 1.54) is 16.9 Å². The molecule has 1 aromatic heterocycles. The van der Waals surface area contributed by atoms with Crippen LogP contribution in [0.1, 0.15) is 87.2 Å². The highest BCUT2D eigenvalue weighted by atomic mass is 32.1. The van der Waals surface area contributed by atoms with Gasteiger partial charge < -0.3 is 10.0 Å². The summed E-state index contributed by atoms with van der Waals surface area (Å²) in [5.41, 5.74) is 1.82. The van der Waals surface area contributed by atoms with Gasteiger partial charge >= 0.3 is 5.97 Å². The van der Waals surface area contributed by atoms with Gasteiger partial charge in [0.1, 0.15) is 4.88 Å². The van der Waals surface area contributed by atoms with Gasteiger partial charge in [-0.05, 0) is 82.3 Å². The fourth-order valence-corrected chi connectivity index (χ4v) is 5.47. The zero-order valence-corrected chi connectivity index (χ0v) is 18.3. The molecule has 0 aromatic carbocycles. The van der Waals surface area contributed by atoms with E-state index in [4.69, 9.17) is 0 Å². The Morgan fingerprint density at radius 3 is 2.32 bits per heavy atom. The lowest BCUT2D eigenvalue weighted by Crippen LogP contribution is -2.42. The van der Waals surface area contributed by atoms with Crippen molar-refractivity contribution in [3.63, 3.8) is 0 Å². The molecule has 0 radical (unpaired) electrons. The van der Waals surface area contributed by atoms with Gasteiger partial charge in [0.15, 0.2) is 0 Å². The van der Waals surface area contributed by atoms with E-state index in [9.17, 15) is 14.7 Å². The van der Waals surface area contributed by atoms with E-state index in [0.29, 0.717) is 22.4 Å². The average molecular weight is 404 g/mol. The average Bonchev–Trinajstić information content (AvgIpc) is 3.07. The number of carboxylic acids is 1. The molecule has 1 fully saturated rings. The molecule has 0 spiro atoms. The van der Waals surface area contributed by atoms with Gasteiger partial charge in [0, 0.05) is 16.8 Å². The normalized spacial score (nSPS) is 25.5. The summed E-state index contributed by atoms with van der Waals surface area (Å²) in [5.74, 6) is 0.536. The molecule has 1 saturated carbocycles. The number of anilines is 1. The molecule has 0 bridgehead atoms. The Morgan fingerprint density at radius 2 is 1.79 bits per heavy atom. The predicted molar refractivity (Wildman–Crippen MR) is 116 cm³/mol. The van der Waals surface area contributed by atoms with Gasteiger partial charge in [-0.15, -0.1) is 11.3 Å². The van der Waals surface area contributed by atoms with Crippen LogP contribution in [-0.2, 0) is 4.79 Å². The minimum atomic E-state index is -0.938. The highest BCUT2D eigenvalue weighted by Gasteiger charge is 2.33. The maximum absolute atomic E-state index is 13.4. The summed E-state index contributed by atoms with van der Waals surface area (Å²) in [7, 11) is 0. The van der Waals surface area contributed by atoms with Crippen molar-refractivity contribution in [2.24, 2.45) is 17.8 Å². The fraction of sp³-hybridized carbons (Fsp3) is 0.652. The predicted octanol–water partition coefficient (Wildman–Crippen LogP) is 6.22. The molecule has 2 aliphatic rings. The quantitative estimate of drug-likeness (QED) is 0.635. The van der Waals surface area contributed by atoms with Crippen molar-refractivity contribution in [2.45, 2.75) is 78.7 Å². The number of aromatic carboxylic acids is 1. The minimum absolute atomic E-state index is 0.0124. The third kappa shape index (κ3) is 4.51. The van der Waals surface area contributed by atoms with E-state index in [2.05, 4.69) is 19.9 Å². The molecule has 5 heteroatoms. The number of amides is 1. The SMILES string of the molecule is CC1CC=C(c2cc(N(C(=O)[C@H]3CC[C@H](C)CC3)C(C)C)c(C(=O)O)s2)CC1. The van der Waals surface area contributed by atoms with Crippen LogP contribution in [0.15, 0.2) is 12.1 Å². The van der Waals surface area contributed by atoms with Crippen LogP contribution in [-0.4, -0.2) is 23.0 Å². The number of hydrogen-bond acceptors (Lipinski definition) is 3. The van der Waals surface area contributed by atoms with Crippen LogP contribution < -0.4 is 4.90 Å². The zero-order valence-electron chi connectivity index (χ0n) is 17.5. The summed E-state index contributed by atoms with van der Waals surface area (Å²) >= 11 is 1.32. The largest absolute Gasteiger partial charge is 0.477 e. The molecule has 1 atom stereocenters. The standard InChI is InChI=1S/C23H33NO3S/c1-14(2)24(22(25)18-11-7-16(4)8-12-18)19-13-20(28-21(19)23(26)27)17-9-5-15(3)6-10-17/h9,13-16,18H,5-8,10-12H2,1-4H3,(H,26,27)/t15?,16-,18-. The summed E-state index contributed by atoms with van der Waals surface area (Å²) in [5, 5.41) is 9.83. The summed E-state index contributed by atoms with van der Waals surface area (Å²) in [6.07, 6.45) is 9.38. The van der Waals surface area contributed by atoms with Gasteiger partial charge in [-0.25, -0.2) is 4.79 Å². The third-order valence-electron chi connectivity index (χ3n) is 6.27. The van der Waals surface area contributed by atoms with E-state index < -0.39 is 5.97 Å². The molecule has 4 nitrogen and oxygen atoms in total. The molecule has 1 amide bonds. The maximum Gasteiger partial charge on any atom is 0.348 e. The van der Waals surface area contributed by atoms with Crippen molar-refractivity contribution < 1.29 is 14.7 Å². The van der Waals surface area contributed by atoms with E-state index in [-0.39, 0.29) is 17.9 Å². The Bertz CT molecular complexity index is 756. The van der Waals surface area contributed by atoms with Crippen LogP contribution in [0.2, 0.25) is 0 Å². The topological polar surface area (TPSA) is 57.6 Å². The van der Waals surface area contributed by atoms with Gasteiger partial charge in [0.05, 0.1) is 5.69 Å². The monoisotopic (exact) mass is 403 g/mol. The number of hydrogen-bond donors (Lipinski definition) is 1. The van der Waals surface area contributed by atoms with Gasteiger partial charge in [0.25, 0.3) is 0 Å². The lowest BCUT2D eigenvalue weighted by molar-refractivity contribution is -0.123. The molecule has 1 aromatic rings. The second kappa shape index (κ2) is 8.81. The van der Waals surface area contributed by atoms with E-state index >= 15 is 0 Å². The second-order valence-electron chi connectivity index (χ2n) is 9.00. The van der Waals surface area contributed by atoms with Crippen LogP contribution >= 0.6 is 11.3 Å². The smallest absolute Gasteiger partial charge is 0.348 e. The van der Waals surface area contributed by atoms with Crippen LogP contribution in [0.3, 0.4) is 0 Å². The first-order valence-electron chi connectivity index (χ1n) is 10.7. The van der Waals surface area contributed by atoms with Crippen LogP contribution in [0.25, 0.3) is 5.57 Å². The molecule has 1 heterocycles. The van der Waals surface area contributed by atoms with Crippen molar-refractivity contribution in [1.82, 2.24) is 0 Å². The summed E-state index contributed by atoms with van der Waals surface area (Å²) in [6, 6.07) is 1.90. The number of nitrogens with zero attached hydrogens (tertiary/aromatic N) is 1. The van der Waals surface area contributed by atoms with E-state index in [1.807, 2.05) is 19.9 Å². The number of rotatable bonds is 5. The molecule has 28 heavy (non-hydrogen) atoms. The molecular formula is C23H33NO3S. The Labute approximate surface area is 172 Å². The zero-order chi connectivity index (χ0) is 20.4. The lowest BCUT2D eigenvalue weighted by atomic mass is 9.82. The van der Waals surface area contributed by atoms with E-state index in [0.717, 1.165) is 49.8 Å². The van der Waals surface area contributed by atoms with Crippen molar-refractivity contribution in [1.29, 1.82) is 0 Å². The molecule has 154 valence electrons. The molecule has 0 saturated heterocycles. The van der Waals surface area contributed by atoms with E-state index in [1.54, 1.807) is 4.90 Å². The first-order chi connectivity index (χ1) is 13.3. The summed E-state index contributed by atoms with van der Waals surface area (Å²) in [6.45, 7) is 8.45. The van der Waals surface area contributed by atoms with Gasteiger partial charge in [0.2, 0.25) is 5.91 Å². The Morgan fingerprint density at radius 1 is 1.11 bits per heavy atom. The van der Waals surface area contributed by atoms with Crippen molar-refractivity contribution in [3.05, 3.63) is 21.9 Å². The number of carbonyl (C=O) groups excluding carboxylic acids is 1. The molecule has 3 rings (SSSR count). The summed E-state index contributed by atoms with van der Waals surface area (Å²) in [4.78, 5) is 28.4. The van der Waals surface area contributed by atoms with Crippen molar-refractivity contribution in [3.8, 4) is 0 Å². The number of carboxylic acid groups (broad SMARTS) is 1. The van der Waals surface area contributed by atoms with Crippen LogP contribution in [0.4, 0.5) is 5.69 Å². The third-order valence-corrected chi connectivity index (χ3v) is 7.46. The Hall–Kier alpha value is -1.62. The first kappa shape index (κ1) is 21.1. The maximum atomic E-state index is 13.4. The van der Waals surface area contributed by atoms with Gasteiger partial charge in [-0.2, -0.15) is 0 Å². The Kier molecular flexibility index (Phi) is 6.64. The lowest BCUT2D eigenvalue weighted by Gasteiger charge is -2.33. The number of carbonyl (C=O) groups is 2. The second-order valence-corrected chi connectivity index (χ2v) is 10.1. The van der Waals surface area contributed by atoms with Gasteiger partial charge in [-0.1, -0.05) is 19.9 Å². The minimum Gasteiger partial charge on any atom is -0.477 e. The van der Waals surface area contributed by atoms with Gasteiger partial charge in [-0.3, -0.25) is 4.79 Å². The van der Waals surface area contributed by atoms with Crippen LogP contribution in [0, 0.1) is 17.8 Å². The highest BCUT2D eigenvalue weighted by molar-refractivity contribution is 7.15. The fourth-order valence-electron chi connectivity index (χ4n) is 4.42. The number of allylic oxidation sites excluding steroid dienone is 2. The highest BCUT2D eigenvalue weighted by Crippen LogP contribution is 2.41. The molecule has 0 aliphatic heterocycles. The van der Waals surface area contributed by atoms with Crippen molar-refractivity contribution in [2.75, 3.05) is 4.90 Å². The molecule has 1 unspecified atom stereocenters. The van der Waals surface area contributed by atoms with Crippen molar-refractivity contribution >= 4 is 34.5 Å². The Balaban J connectivity index is 1.93. The molecular weight excluding hydrogens is 370 g/mol.